The van der Waals surface area contributed by atoms with Crippen molar-refractivity contribution < 1.29 is 10.2 Å². The Balaban J connectivity index is 3.29. The summed E-state index contributed by atoms with van der Waals surface area (Å²) in [5.41, 5.74) is 0. The number of hydrogen-bond acceptors (Lipinski definition) is 2. The minimum atomic E-state index is -0.0698. The fourth-order valence-electron chi connectivity index (χ4n) is 0.250. The Hall–Kier alpha value is -0.500. The van der Waals surface area contributed by atoms with Crippen LogP contribution in [0.3, 0.4) is 0 Å². The molecule has 2 nitrogen and oxygen atoms in total. The Morgan fingerprint density at radius 1 is 1.71 bits per heavy atom. The summed E-state index contributed by atoms with van der Waals surface area (Å²) in [6.45, 7) is 1.75. The van der Waals surface area contributed by atoms with Crippen molar-refractivity contribution in [1.29, 1.82) is 0 Å². The molecule has 0 aromatic heterocycles. The lowest BCUT2D eigenvalue weighted by Crippen LogP contribution is -1.79. The molecule has 0 saturated carbocycles. The summed E-state index contributed by atoms with van der Waals surface area (Å²) < 4.78 is 0. The standard InChI is InChI=1S/C5H10O2/c1-2-5(7)3-4-6/h3,6-7H,2,4H2,1H3/b5-3+. The van der Waals surface area contributed by atoms with Crippen molar-refractivity contribution >= 4 is 0 Å². The van der Waals surface area contributed by atoms with E-state index >= 15 is 0 Å². The van der Waals surface area contributed by atoms with Crippen molar-refractivity contribution in [2.75, 3.05) is 6.61 Å². The highest BCUT2D eigenvalue weighted by molar-refractivity contribution is 4.88. The van der Waals surface area contributed by atoms with E-state index in [1.807, 2.05) is 6.92 Å². The maximum atomic E-state index is 8.56. The van der Waals surface area contributed by atoms with Crippen LogP contribution >= 0.6 is 0 Å². The average molecular weight is 102 g/mol. The molecular formula is C5H10O2. The van der Waals surface area contributed by atoms with Gasteiger partial charge in [-0.1, -0.05) is 6.92 Å². The summed E-state index contributed by atoms with van der Waals surface area (Å²) in [6.07, 6.45) is 1.97. The lowest BCUT2D eigenvalue weighted by Gasteiger charge is -1.87. The first-order chi connectivity index (χ1) is 3.31. The van der Waals surface area contributed by atoms with Crippen LogP contribution in [0, 0.1) is 0 Å². The van der Waals surface area contributed by atoms with Gasteiger partial charge in [-0.15, -0.1) is 0 Å². The maximum absolute atomic E-state index is 8.56. The first-order valence-corrected chi connectivity index (χ1v) is 2.30. The van der Waals surface area contributed by atoms with Gasteiger partial charge >= 0.3 is 0 Å². The summed E-state index contributed by atoms with van der Waals surface area (Å²) in [4.78, 5) is 0. The van der Waals surface area contributed by atoms with E-state index < -0.39 is 0 Å². The molecule has 0 aliphatic carbocycles. The van der Waals surface area contributed by atoms with Crippen LogP contribution in [0.15, 0.2) is 11.8 Å². The average Bonchev–Trinajstić information content (AvgIpc) is 1.68. The second-order valence-electron chi connectivity index (χ2n) is 1.23. The predicted octanol–water partition coefficient (Wildman–Crippen LogP) is 0.831. The van der Waals surface area contributed by atoms with Gasteiger partial charge in [-0.05, 0) is 6.08 Å². The smallest absolute Gasteiger partial charge is 0.0902 e. The van der Waals surface area contributed by atoms with E-state index in [9.17, 15) is 0 Å². The van der Waals surface area contributed by atoms with Crippen molar-refractivity contribution in [3.8, 4) is 0 Å². The molecule has 0 bridgehead atoms. The molecule has 0 aliphatic heterocycles. The van der Waals surface area contributed by atoms with Crippen molar-refractivity contribution in [2.45, 2.75) is 13.3 Å². The van der Waals surface area contributed by atoms with Gasteiger partial charge in [0.15, 0.2) is 0 Å². The van der Waals surface area contributed by atoms with E-state index in [4.69, 9.17) is 10.2 Å². The zero-order valence-corrected chi connectivity index (χ0v) is 4.39. The summed E-state index contributed by atoms with van der Waals surface area (Å²) in [7, 11) is 0. The van der Waals surface area contributed by atoms with Gasteiger partial charge in [-0.25, -0.2) is 0 Å². The molecule has 0 spiro atoms. The third-order valence-electron chi connectivity index (χ3n) is 0.689. The van der Waals surface area contributed by atoms with Crippen LogP contribution in [-0.4, -0.2) is 16.8 Å². The van der Waals surface area contributed by atoms with Gasteiger partial charge in [-0.2, -0.15) is 0 Å². The zero-order valence-electron chi connectivity index (χ0n) is 4.39. The molecule has 0 radical (unpaired) electrons. The molecule has 0 aromatic carbocycles. The van der Waals surface area contributed by atoms with E-state index in [-0.39, 0.29) is 12.4 Å². The number of allylic oxidation sites excluding steroid dienone is 1. The third kappa shape index (κ3) is 3.33. The molecule has 0 fully saturated rings. The number of rotatable bonds is 2. The van der Waals surface area contributed by atoms with E-state index in [1.165, 1.54) is 6.08 Å². The summed E-state index contributed by atoms with van der Waals surface area (Å²) in [5, 5.41) is 16.7. The number of aliphatic hydroxyl groups excluding tert-OH is 2. The Kier molecular flexibility index (Phi) is 3.42. The summed E-state index contributed by atoms with van der Waals surface area (Å²) >= 11 is 0. The monoisotopic (exact) mass is 102 g/mol. The summed E-state index contributed by atoms with van der Waals surface area (Å²) in [6, 6.07) is 0. The predicted molar refractivity (Wildman–Crippen MR) is 28.1 cm³/mol. The SMILES string of the molecule is CC/C(O)=C\CO. The van der Waals surface area contributed by atoms with Crippen LogP contribution in [0.4, 0.5) is 0 Å². The van der Waals surface area contributed by atoms with Crippen LogP contribution < -0.4 is 0 Å². The molecule has 2 heteroatoms. The highest BCUT2D eigenvalue weighted by Gasteiger charge is 1.80. The van der Waals surface area contributed by atoms with Crippen LogP contribution in [-0.2, 0) is 0 Å². The van der Waals surface area contributed by atoms with Crippen LogP contribution in [0.1, 0.15) is 13.3 Å². The molecule has 0 aliphatic rings. The Labute approximate surface area is 43.1 Å². The lowest BCUT2D eigenvalue weighted by molar-refractivity contribution is 0.326. The molecule has 42 valence electrons. The van der Waals surface area contributed by atoms with Gasteiger partial charge in [0.25, 0.3) is 0 Å². The van der Waals surface area contributed by atoms with Crippen LogP contribution in [0.2, 0.25) is 0 Å². The molecule has 0 aromatic rings. The Bertz CT molecular complexity index is 66.5. The maximum Gasteiger partial charge on any atom is 0.0902 e. The second-order valence-corrected chi connectivity index (χ2v) is 1.23. The van der Waals surface area contributed by atoms with Gasteiger partial charge in [0.1, 0.15) is 0 Å². The molecule has 0 unspecified atom stereocenters. The zero-order chi connectivity index (χ0) is 5.70. The molecular weight excluding hydrogens is 92.1 g/mol. The highest BCUT2D eigenvalue weighted by atomic mass is 16.3. The topological polar surface area (TPSA) is 40.5 Å². The number of hydrogen-bond donors (Lipinski definition) is 2. The van der Waals surface area contributed by atoms with Gasteiger partial charge in [0.2, 0.25) is 0 Å². The van der Waals surface area contributed by atoms with Gasteiger partial charge in [-0.3, -0.25) is 0 Å². The van der Waals surface area contributed by atoms with Crippen molar-refractivity contribution in [1.82, 2.24) is 0 Å². The van der Waals surface area contributed by atoms with Crippen LogP contribution in [0.5, 0.6) is 0 Å². The Morgan fingerprint density at radius 2 is 2.29 bits per heavy atom. The first kappa shape index (κ1) is 6.50. The minimum Gasteiger partial charge on any atom is -0.513 e. The molecule has 0 saturated heterocycles. The van der Waals surface area contributed by atoms with E-state index in [1.54, 1.807) is 0 Å². The highest BCUT2D eigenvalue weighted by Crippen LogP contribution is 1.90. The molecule has 0 atom stereocenters. The normalized spacial score (nSPS) is 12.0. The summed E-state index contributed by atoms with van der Waals surface area (Å²) in [5.74, 6) is 0.252. The third-order valence-corrected chi connectivity index (χ3v) is 0.689. The molecule has 0 rings (SSSR count). The van der Waals surface area contributed by atoms with E-state index in [2.05, 4.69) is 0 Å². The van der Waals surface area contributed by atoms with Gasteiger partial charge < -0.3 is 10.2 Å². The van der Waals surface area contributed by atoms with Crippen molar-refractivity contribution in [3.63, 3.8) is 0 Å². The quantitative estimate of drug-likeness (QED) is 0.507. The van der Waals surface area contributed by atoms with Gasteiger partial charge in [0.05, 0.1) is 12.4 Å². The fraction of sp³-hybridized carbons (Fsp3) is 0.600. The van der Waals surface area contributed by atoms with Crippen molar-refractivity contribution in [3.05, 3.63) is 11.8 Å². The van der Waals surface area contributed by atoms with Crippen molar-refractivity contribution in [2.24, 2.45) is 0 Å². The van der Waals surface area contributed by atoms with Gasteiger partial charge in [0, 0.05) is 6.42 Å². The second kappa shape index (κ2) is 3.68. The van der Waals surface area contributed by atoms with E-state index in [0.29, 0.717) is 6.42 Å². The fourth-order valence-corrected chi connectivity index (χ4v) is 0.250. The molecule has 7 heavy (non-hydrogen) atoms. The first-order valence-electron chi connectivity index (χ1n) is 2.30. The van der Waals surface area contributed by atoms with E-state index in [0.717, 1.165) is 0 Å². The molecule has 0 heterocycles. The minimum absolute atomic E-state index is 0.0698. The molecule has 0 amide bonds. The largest absolute Gasteiger partial charge is 0.513 e. The number of aliphatic hydroxyl groups is 2. The Morgan fingerprint density at radius 3 is 2.43 bits per heavy atom. The van der Waals surface area contributed by atoms with Crippen LogP contribution in [0.25, 0.3) is 0 Å². The molecule has 2 N–H and O–H groups in total. The lowest BCUT2D eigenvalue weighted by atomic mass is 10.4.